The van der Waals surface area contributed by atoms with Crippen molar-refractivity contribution in [2.75, 3.05) is 4.90 Å². The van der Waals surface area contributed by atoms with Gasteiger partial charge in [-0.15, -0.1) is 0 Å². The van der Waals surface area contributed by atoms with E-state index < -0.39 is 5.97 Å². The van der Waals surface area contributed by atoms with E-state index in [1.165, 1.54) is 12.1 Å². The van der Waals surface area contributed by atoms with Gasteiger partial charge < -0.3 is 5.11 Å². The Kier molecular flexibility index (Phi) is 4.11. The SMILES string of the molecule is O=C(O)c1cccc(N2C(=O)[C@H]3C[C@@H](Br)[C@H](Br)C[C@H]3C2=O)c1. The van der Waals surface area contributed by atoms with Gasteiger partial charge in [-0.2, -0.15) is 0 Å². The molecular formula is C15H13Br2NO4. The summed E-state index contributed by atoms with van der Waals surface area (Å²) in [4.78, 5) is 37.7. The van der Waals surface area contributed by atoms with Gasteiger partial charge >= 0.3 is 5.97 Å². The number of imide groups is 1. The molecule has 1 heterocycles. The number of hydrogen-bond donors (Lipinski definition) is 1. The van der Waals surface area contributed by atoms with Crippen molar-refractivity contribution >= 4 is 55.3 Å². The number of carboxylic acid groups (broad SMARTS) is 1. The van der Waals surface area contributed by atoms with Gasteiger partial charge in [0.15, 0.2) is 0 Å². The van der Waals surface area contributed by atoms with Crippen LogP contribution >= 0.6 is 31.9 Å². The van der Waals surface area contributed by atoms with E-state index in [-0.39, 0.29) is 38.9 Å². The molecule has 1 saturated heterocycles. The Morgan fingerprint density at radius 3 is 2.14 bits per heavy atom. The van der Waals surface area contributed by atoms with Crippen LogP contribution in [0.5, 0.6) is 0 Å². The van der Waals surface area contributed by atoms with Gasteiger partial charge in [0.2, 0.25) is 11.8 Å². The topological polar surface area (TPSA) is 74.7 Å². The largest absolute Gasteiger partial charge is 0.478 e. The number of rotatable bonds is 2. The van der Waals surface area contributed by atoms with E-state index in [2.05, 4.69) is 31.9 Å². The maximum atomic E-state index is 12.6. The van der Waals surface area contributed by atoms with E-state index in [0.29, 0.717) is 18.5 Å². The minimum atomic E-state index is -1.08. The van der Waals surface area contributed by atoms with Crippen molar-refractivity contribution in [1.29, 1.82) is 0 Å². The molecule has 1 N–H and O–H groups in total. The molecule has 4 atom stereocenters. The average Bonchev–Trinajstić information content (AvgIpc) is 2.71. The van der Waals surface area contributed by atoms with E-state index >= 15 is 0 Å². The fourth-order valence-electron chi connectivity index (χ4n) is 3.13. The van der Waals surface area contributed by atoms with Gasteiger partial charge in [-0.1, -0.05) is 37.9 Å². The zero-order valence-corrected chi connectivity index (χ0v) is 14.6. The summed E-state index contributed by atoms with van der Waals surface area (Å²) >= 11 is 7.08. The summed E-state index contributed by atoms with van der Waals surface area (Å²) in [7, 11) is 0. The molecule has 3 rings (SSSR count). The molecule has 2 fully saturated rings. The van der Waals surface area contributed by atoms with Gasteiger partial charge in [-0.05, 0) is 31.0 Å². The second kappa shape index (κ2) is 5.77. The summed E-state index contributed by atoms with van der Waals surface area (Å²) in [6.45, 7) is 0. The average molecular weight is 431 g/mol. The van der Waals surface area contributed by atoms with Gasteiger partial charge in [0.05, 0.1) is 23.1 Å². The van der Waals surface area contributed by atoms with Crippen LogP contribution in [-0.2, 0) is 9.59 Å². The molecule has 7 heteroatoms. The number of carbonyl (C=O) groups excluding carboxylic acids is 2. The first-order valence-corrected chi connectivity index (χ1v) is 8.72. The van der Waals surface area contributed by atoms with Crippen LogP contribution in [0.15, 0.2) is 24.3 Å². The van der Waals surface area contributed by atoms with Crippen molar-refractivity contribution < 1.29 is 19.5 Å². The number of carboxylic acids is 1. The van der Waals surface area contributed by atoms with Crippen LogP contribution in [0.3, 0.4) is 0 Å². The second-order valence-corrected chi connectivity index (χ2v) is 7.94. The number of anilines is 1. The molecule has 0 unspecified atom stereocenters. The molecule has 5 nitrogen and oxygen atoms in total. The number of alkyl halides is 2. The van der Waals surface area contributed by atoms with E-state index in [0.717, 1.165) is 4.90 Å². The van der Waals surface area contributed by atoms with Crippen molar-refractivity contribution in [3.8, 4) is 0 Å². The van der Waals surface area contributed by atoms with Crippen molar-refractivity contribution in [3.63, 3.8) is 0 Å². The van der Waals surface area contributed by atoms with Crippen LogP contribution in [0.4, 0.5) is 5.69 Å². The minimum absolute atomic E-state index is 0.0599. The first-order chi connectivity index (χ1) is 10.4. The number of nitrogens with zero attached hydrogens (tertiary/aromatic N) is 1. The highest BCUT2D eigenvalue weighted by Gasteiger charge is 2.52. The van der Waals surface area contributed by atoms with Gasteiger partial charge in [0.1, 0.15) is 0 Å². The molecule has 0 radical (unpaired) electrons. The van der Waals surface area contributed by atoms with Crippen LogP contribution in [0.2, 0.25) is 0 Å². The van der Waals surface area contributed by atoms with Crippen molar-refractivity contribution in [2.45, 2.75) is 22.5 Å². The molecule has 22 heavy (non-hydrogen) atoms. The lowest BCUT2D eigenvalue weighted by atomic mass is 9.81. The Balaban J connectivity index is 1.95. The number of aromatic carboxylic acids is 1. The Morgan fingerprint density at radius 1 is 1.09 bits per heavy atom. The zero-order chi connectivity index (χ0) is 16.0. The molecule has 2 aliphatic rings. The molecule has 0 bridgehead atoms. The standard InChI is InChI=1S/C15H13Br2NO4/c16-11-5-9-10(6-12(11)17)14(20)18(13(9)19)8-3-1-2-7(4-8)15(21)22/h1-4,9-12H,5-6H2,(H,21,22)/t9-,10+,11-,12-/m1/s1. The maximum absolute atomic E-state index is 12.6. The smallest absolute Gasteiger partial charge is 0.335 e. The van der Waals surface area contributed by atoms with E-state index in [1.807, 2.05) is 0 Å². The highest BCUT2D eigenvalue weighted by molar-refractivity contribution is 9.12. The van der Waals surface area contributed by atoms with Crippen LogP contribution in [0.1, 0.15) is 23.2 Å². The summed E-state index contributed by atoms with van der Waals surface area (Å²) in [6.07, 6.45) is 1.19. The monoisotopic (exact) mass is 429 g/mol. The maximum Gasteiger partial charge on any atom is 0.335 e. The number of amides is 2. The summed E-state index contributed by atoms with van der Waals surface area (Å²) < 4.78 is 0. The Morgan fingerprint density at radius 2 is 1.64 bits per heavy atom. The molecule has 1 aromatic rings. The van der Waals surface area contributed by atoms with E-state index in [1.54, 1.807) is 12.1 Å². The van der Waals surface area contributed by atoms with Crippen molar-refractivity contribution in [1.82, 2.24) is 0 Å². The lowest BCUT2D eigenvalue weighted by Crippen LogP contribution is -2.34. The first-order valence-electron chi connectivity index (χ1n) is 6.89. The van der Waals surface area contributed by atoms with Crippen molar-refractivity contribution in [3.05, 3.63) is 29.8 Å². The molecule has 0 aromatic heterocycles. The molecule has 116 valence electrons. The quantitative estimate of drug-likeness (QED) is 0.578. The van der Waals surface area contributed by atoms with Crippen LogP contribution in [0.25, 0.3) is 0 Å². The molecular weight excluding hydrogens is 418 g/mol. The summed E-state index contributed by atoms with van der Waals surface area (Å²) in [6, 6.07) is 5.94. The van der Waals surface area contributed by atoms with Crippen LogP contribution in [-0.4, -0.2) is 32.5 Å². The van der Waals surface area contributed by atoms with Gasteiger partial charge in [-0.25, -0.2) is 4.79 Å². The van der Waals surface area contributed by atoms with E-state index in [4.69, 9.17) is 5.11 Å². The fraction of sp³-hybridized carbons (Fsp3) is 0.400. The molecule has 1 saturated carbocycles. The Hall–Kier alpha value is -1.21. The Labute approximate surface area is 143 Å². The number of halogens is 2. The molecule has 1 aliphatic heterocycles. The second-order valence-electron chi connectivity index (χ2n) is 5.58. The third-order valence-electron chi connectivity index (χ3n) is 4.26. The number of carbonyl (C=O) groups is 3. The summed E-state index contributed by atoms with van der Waals surface area (Å²) in [5.74, 6) is -2.22. The third-order valence-corrected chi connectivity index (χ3v) is 7.00. The number of hydrogen-bond acceptors (Lipinski definition) is 3. The van der Waals surface area contributed by atoms with Gasteiger partial charge in [0.25, 0.3) is 0 Å². The lowest BCUT2D eigenvalue weighted by Gasteiger charge is -2.29. The van der Waals surface area contributed by atoms with Crippen LogP contribution < -0.4 is 4.90 Å². The molecule has 0 spiro atoms. The normalized spacial score (nSPS) is 31.3. The highest BCUT2D eigenvalue weighted by Crippen LogP contribution is 2.44. The van der Waals surface area contributed by atoms with E-state index in [9.17, 15) is 14.4 Å². The highest BCUT2D eigenvalue weighted by atomic mass is 79.9. The first kappa shape index (κ1) is 15.7. The third kappa shape index (κ3) is 2.50. The lowest BCUT2D eigenvalue weighted by molar-refractivity contribution is -0.122. The van der Waals surface area contributed by atoms with Crippen molar-refractivity contribution in [2.24, 2.45) is 11.8 Å². The predicted molar refractivity (Wildman–Crippen MR) is 87.5 cm³/mol. The number of benzene rings is 1. The van der Waals surface area contributed by atoms with Gasteiger partial charge in [-0.3, -0.25) is 14.5 Å². The minimum Gasteiger partial charge on any atom is -0.478 e. The summed E-state index contributed by atoms with van der Waals surface area (Å²) in [5.41, 5.74) is 0.395. The Bertz CT molecular complexity index is 635. The predicted octanol–water partition coefficient (Wildman–Crippen LogP) is 2.81. The molecule has 1 aliphatic carbocycles. The summed E-state index contributed by atoms with van der Waals surface area (Å²) in [5, 5.41) is 9.06. The van der Waals surface area contributed by atoms with Crippen LogP contribution in [0, 0.1) is 11.8 Å². The molecule has 1 aromatic carbocycles. The molecule has 2 amide bonds. The fourth-order valence-corrected chi connectivity index (χ4v) is 4.36. The zero-order valence-electron chi connectivity index (χ0n) is 11.4. The number of fused-ring (bicyclic) bond motifs is 1. The van der Waals surface area contributed by atoms with Gasteiger partial charge in [0, 0.05) is 9.65 Å².